The first-order valence-electron chi connectivity index (χ1n) is 4.85. The largest absolute Gasteiger partial charge is 0.352 e. The fourth-order valence-corrected chi connectivity index (χ4v) is 2.18. The predicted molar refractivity (Wildman–Crippen MR) is 54.1 cm³/mol. The van der Waals surface area contributed by atoms with Gasteiger partial charge < -0.3 is 9.47 Å². The van der Waals surface area contributed by atoms with E-state index in [9.17, 15) is 0 Å². The van der Waals surface area contributed by atoms with Gasteiger partial charge in [0.1, 0.15) is 0 Å². The maximum absolute atomic E-state index is 5.53. The molecule has 2 rings (SSSR count). The molecular formula is C11H20O2. The number of hydrogen-bond donors (Lipinski definition) is 0. The molecule has 0 saturated carbocycles. The second-order valence-electron chi connectivity index (χ2n) is 3.93. The summed E-state index contributed by atoms with van der Waals surface area (Å²) >= 11 is 0. The molecule has 0 aromatic rings. The van der Waals surface area contributed by atoms with Crippen molar-refractivity contribution in [1.29, 1.82) is 0 Å². The van der Waals surface area contributed by atoms with Gasteiger partial charge in [0, 0.05) is 7.34 Å². The van der Waals surface area contributed by atoms with Gasteiger partial charge in [-0.1, -0.05) is 13.8 Å². The Morgan fingerprint density at radius 2 is 2.00 bits per heavy atom. The van der Waals surface area contributed by atoms with Crippen molar-refractivity contribution in [3.05, 3.63) is 0 Å². The zero-order valence-corrected chi connectivity index (χ0v) is 8.40. The summed E-state index contributed by atoms with van der Waals surface area (Å²) in [5.41, 5.74) is 0. The Morgan fingerprint density at radius 3 is 2.62 bits per heavy atom. The van der Waals surface area contributed by atoms with Crippen LogP contribution in [0.15, 0.2) is 0 Å². The smallest absolute Gasteiger partial charge is 0.160 e. The molecule has 2 saturated heterocycles. The van der Waals surface area contributed by atoms with Gasteiger partial charge in [0.05, 0.1) is 13.2 Å². The summed E-state index contributed by atoms with van der Waals surface area (Å²) in [4.78, 5) is 0. The van der Waals surface area contributed by atoms with E-state index in [1.54, 1.807) is 0 Å². The quantitative estimate of drug-likeness (QED) is 0.581. The van der Waals surface area contributed by atoms with E-state index in [1.807, 2.05) is 0 Å². The van der Waals surface area contributed by atoms with Crippen LogP contribution >= 0.6 is 0 Å². The molecule has 0 radical (unpaired) electrons. The van der Waals surface area contributed by atoms with Crippen LogP contribution in [0.1, 0.15) is 21.7 Å². The molecule has 1 unspecified atom stereocenters. The van der Waals surface area contributed by atoms with E-state index in [4.69, 9.17) is 9.47 Å². The second-order valence-corrected chi connectivity index (χ2v) is 3.93. The molecule has 0 bridgehead atoms. The molecule has 0 amide bonds. The Bertz CT molecular complexity index is 179. The van der Waals surface area contributed by atoms with Crippen LogP contribution in [0.5, 0.6) is 0 Å². The van der Waals surface area contributed by atoms with Gasteiger partial charge in [-0.2, -0.15) is 0 Å². The molecule has 0 aliphatic carbocycles. The van der Waals surface area contributed by atoms with Crippen LogP contribution < -0.4 is 0 Å². The average Bonchev–Trinajstić information content (AvgIpc) is 2.66. The molecule has 2 aliphatic rings. The Balaban J connectivity index is 0.000000531. The summed E-state index contributed by atoms with van der Waals surface area (Å²) in [6, 6.07) is 0. The van der Waals surface area contributed by atoms with Gasteiger partial charge in [-0.15, -0.1) is 12.8 Å². The third kappa shape index (κ3) is 2.04. The number of terminal acetylenes is 1. The van der Waals surface area contributed by atoms with Crippen molar-refractivity contribution >= 4 is 0 Å². The van der Waals surface area contributed by atoms with Gasteiger partial charge in [-0.05, 0) is 18.3 Å². The van der Waals surface area contributed by atoms with Gasteiger partial charge in [0.2, 0.25) is 0 Å². The fraction of sp³-hybridized carbons (Fsp3) is 0.818. The lowest BCUT2D eigenvalue weighted by Gasteiger charge is -2.17. The monoisotopic (exact) mass is 184 g/mol. The van der Waals surface area contributed by atoms with Crippen molar-refractivity contribution in [2.24, 2.45) is 17.8 Å². The molecule has 0 N–H and O–H groups in total. The van der Waals surface area contributed by atoms with E-state index < -0.39 is 0 Å². The molecule has 13 heavy (non-hydrogen) atoms. The van der Waals surface area contributed by atoms with E-state index in [1.165, 1.54) is 6.42 Å². The normalized spacial score (nSPS) is 36.8. The number of fused-ring (bicyclic) bond motifs is 1. The maximum atomic E-state index is 5.53. The van der Waals surface area contributed by atoms with Crippen molar-refractivity contribution in [3.8, 4) is 12.8 Å². The SMILES string of the molecule is C#C.CC(C)[C@H]1CO[C@H]2OCCC21.[HH]. The van der Waals surface area contributed by atoms with E-state index in [-0.39, 0.29) is 7.72 Å². The first-order valence-corrected chi connectivity index (χ1v) is 4.85. The summed E-state index contributed by atoms with van der Waals surface area (Å²) in [7, 11) is 0. The zero-order valence-electron chi connectivity index (χ0n) is 8.40. The Kier molecular flexibility index (Phi) is 3.77. The maximum Gasteiger partial charge on any atom is 0.160 e. The molecule has 2 aliphatic heterocycles. The highest BCUT2D eigenvalue weighted by atomic mass is 16.7. The van der Waals surface area contributed by atoms with Crippen LogP contribution in [0.25, 0.3) is 0 Å². The van der Waals surface area contributed by atoms with Crippen LogP contribution in [0.3, 0.4) is 0 Å². The highest BCUT2D eigenvalue weighted by Crippen LogP contribution is 2.38. The number of ether oxygens (including phenoxy) is 2. The predicted octanol–water partition coefficient (Wildman–Crippen LogP) is 2.15. The lowest BCUT2D eigenvalue weighted by atomic mass is 9.85. The van der Waals surface area contributed by atoms with Crippen LogP contribution in [-0.2, 0) is 9.47 Å². The van der Waals surface area contributed by atoms with Gasteiger partial charge in [0.25, 0.3) is 0 Å². The van der Waals surface area contributed by atoms with E-state index >= 15 is 0 Å². The highest BCUT2D eigenvalue weighted by Gasteiger charge is 2.42. The average molecular weight is 184 g/mol. The second kappa shape index (κ2) is 4.64. The zero-order chi connectivity index (χ0) is 9.84. The molecule has 76 valence electrons. The minimum Gasteiger partial charge on any atom is -0.352 e. The van der Waals surface area contributed by atoms with Gasteiger partial charge in [0.15, 0.2) is 6.29 Å². The van der Waals surface area contributed by atoms with E-state index in [0.717, 1.165) is 25.0 Å². The van der Waals surface area contributed by atoms with Gasteiger partial charge in [-0.25, -0.2) is 0 Å². The van der Waals surface area contributed by atoms with Crippen LogP contribution in [0.2, 0.25) is 0 Å². The van der Waals surface area contributed by atoms with Gasteiger partial charge >= 0.3 is 0 Å². The third-order valence-electron chi connectivity index (χ3n) is 2.94. The summed E-state index contributed by atoms with van der Waals surface area (Å²) in [6.07, 6.45) is 9.34. The molecule has 2 heterocycles. The van der Waals surface area contributed by atoms with E-state index in [2.05, 4.69) is 26.7 Å². The third-order valence-corrected chi connectivity index (χ3v) is 2.94. The molecule has 2 fully saturated rings. The van der Waals surface area contributed by atoms with Crippen molar-refractivity contribution in [2.45, 2.75) is 26.6 Å². The number of rotatable bonds is 1. The van der Waals surface area contributed by atoms with Crippen molar-refractivity contribution in [3.63, 3.8) is 0 Å². The summed E-state index contributed by atoms with van der Waals surface area (Å²) < 4.78 is 11.0. The standard InChI is InChI=1S/C9H16O2.C2H2.H2/c1-6(2)8-5-11-9-7(8)3-4-10-9;1-2;/h6-9H,3-5H2,1-2H3;1-2H;1H/t7?,8-,9-;;/m1../s1. The Hall–Kier alpha value is -0.520. The lowest BCUT2D eigenvalue weighted by Crippen LogP contribution is -2.19. The van der Waals surface area contributed by atoms with Crippen molar-refractivity contribution in [2.75, 3.05) is 13.2 Å². The lowest BCUT2D eigenvalue weighted by molar-refractivity contribution is -0.0906. The first-order chi connectivity index (χ1) is 6.29. The minimum atomic E-state index is 0. The summed E-state index contributed by atoms with van der Waals surface area (Å²) in [5, 5.41) is 0. The topological polar surface area (TPSA) is 18.5 Å². The highest BCUT2D eigenvalue weighted by molar-refractivity contribution is 4.84. The molecular weight excluding hydrogens is 164 g/mol. The first kappa shape index (κ1) is 10.6. The molecule has 0 aromatic heterocycles. The molecule has 2 heteroatoms. The van der Waals surface area contributed by atoms with Gasteiger partial charge in [-0.3, -0.25) is 0 Å². The van der Waals surface area contributed by atoms with E-state index in [0.29, 0.717) is 5.92 Å². The fourth-order valence-electron chi connectivity index (χ4n) is 2.18. The number of hydrogen-bond acceptors (Lipinski definition) is 2. The minimum absolute atomic E-state index is 0. The molecule has 2 nitrogen and oxygen atoms in total. The van der Waals surface area contributed by atoms with Crippen molar-refractivity contribution in [1.82, 2.24) is 0 Å². The summed E-state index contributed by atoms with van der Waals surface area (Å²) in [5.74, 6) is 2.17. The van der Waals surface area contributed by atoms with Crippen LogP contribution in [-0.4, -0.2) is 19.5 Å². The molecule has 0 aromatic carbocycles. The van der Waals surface area contributed by atoms with Crippen molar-refractivity contribution < 1.29 is 10.9 Å². The molecule has 0 spiro atoms. The van der Waals surface area contributed by atoms with Crippen LogP contribution in [0.4, 0.5) is 0 Å². The van der Waals surface area contributed by atoms with Crippen LogP contribution in [0, 0.1) is 30.6 Å². The Labute approximate surface area is 82.1 Å². The molecule has 3 atom stereocenters. The Morgan fingerprint density at radius 1 is 1.31 bits per heavy atom. The summed E-state index contributed by atoms with van der Waals surface area (Å²) in [6.45, 7) is 6.36.